The van der Waals surface area contributed by atoms with Crippen LogP contribution in [0.4, 0.5) is 10.1 Å². The summed E-state index contributed by atoms with van der Waals surface area (Å²) in [5.41, 5.74) is 0.624. The molecule has 1 aromatic carbocycles. The van der Waals surface area contributed by atoms with Gasteiger partial charge in [-0.05, 0) is 37.5 Å². The first-order valence-electron chi connectivity index (χ1n) is 5.97. The van der Waals surface area contributed by atoms with Crippen LogP contribution in [0.25, 0.3) is 0 Å². The van der Waals surface area contributed by atoms with Gasteiger partial charge in [-0.2, -0.15) is 8.42 Å². The van der Waals surface area contributed by atoms with Gasteiger partial charge in [0, 0.05) is 11.0 Å². The van der Waals surface area contributed by atoms with Crippen LogP contribution in [0.15, 0.2) is 32.0 Å². The Bertz CT molecular complexity index is 589. The van der Waals surface area contributed by atoms with E-state index in [1.54, 1.807) is 23.1 Å². The highest BCUT2D eigenvalue weighted by molar-refractivity contribution is 9.10. The number of alkyl halides is 1. The molecule has 2 rings (SSSR count). The van der Waals surface area contributed by atoms with Crippen molar-refractivity contribution >= 4 is 38.0 Å². The highest BCUT2D eigenvalue weighted by Crippen LogP contribution is 2.32. The molecule has 0 spiro atoms. The van der Waals surface area contributed by atoms with E-state index >= 15 is 0 Å². The third kappa shape index (κ3) is 3.33. The molecule has 0 aliphatic carbocycles. The second kappa shape index (κ2) is 6.00. The zero-order valence-electron chi connectivity index (χ0n) is 10.2. The Morgan fingerprint density at radius 1 is 1.26 bits per heavy atom. The van der Waals surface area contributed by atoms with Crippen LogP contribution in [0.2, 0.25) is 0 Å². The van der Waals surface area contributed by atoms with Gasteiger partial charge in [0.15, 0.2) is 0 Å². The summed E-state index contributed by atoms with van der Waals surface area (Å²) in [6, 6.07) is 5.09. The fraction of sp³-hybridized carbons (Fsp3) is 0.417. The maximum atomic E-state index is 12.0. The minimum atomic E-state index is -3.59. The molecule has 1 aromatic rings. The normalized spacial score (nSPS) is 16.4. The van der Waals surface area contributed by atoms with Crippen molar-refractivity contribution in [1.82, 2.24) is 0 Å². The Morgan fingerprint density at radius 3 is 2.79 bits per heavy atom. The zero-order valence-corrected chi connectivity index (χ0v) is 12.6. The summed E-state index contributed by atoms with van der Waals surface area (Å²) in [6.45, 7) is 0.319. The largest absolute Gasteiger partial charge is 0.331 e. The summed E-state index contributed by atoms with van der Waals surface area (Å²) in [5, 5.41) is 0. The van der Waals surface area contributed by atoms with Crippen LogP contribution < -0.4 is 4.90 Å². The molecule has 0 fully saturated rings. The molecular formula is C12H14BrFN2O2S. The van der Waals surface area contributed by atoms with Crippen molar-refractivity contribution in [2.45, 2.75) is 24.2 Å². The molecule has 0 atom stereocenters. The molecule has 0 bridgehead atoms. The van der Waals surface area contributed by atoms with Crippen LogP contribution in [0.3, 0.4) is 0 Å². The molecule has 0 amide bonds. The van der Waals surface area contributed by atoms with Crippen LogP contribution in [0.1, 0.15) is 19.3 Å². The molecule has 1 aliphatic rings. The molecular weight excluding hydrogens is 335 g/mol. The molecule has 0 unspecified atom stereocenters. The quantitative estimate of drug-likeness (QED) is 0.768. The first kappa shape index (κ1) is 14.5. The van der Waals surface area contributed by atoms with Crippen molar-refractivity contribution in [3.63, 3.8) is 0 Å². The summed E-state index contributed by atoms with van der Waals surface area (Å²) >= 11 is 3.26. The van der Waals surface area contributed by atoms with Crippen LogP contribution in [-0.2, 0) is 10.0 Å². The smallest absolute Gasteiger partial charge is 0.285 e. The van der Waals surface area contributed by atoms with Gasteiger partial charge in [0.25, 0.3) is 10.0 Å². The van der Waals surface area contributed by atoms with E-state index in [4.69, 9.17) is 0 Å². The molecule has 1 aliphatic heterocycles. The molecule has 7 heteroatoms. The van der Waals surface area contributed by atoms with Crippen molar-refractivity contribution in [3.05, 3.63) is 22.7 Å². The van der Waals surface area contributed by atoms with Gasteiger partial charge in [0.1, 0.15) is 11.2 Å². The number of unbranched alkanes of at least 4 members (excludes halogenated alkanes) is 2. The number of benzene rings is 1. The summed E-state index contributed by atoms with van der Waals surface area (Å²) in [4.78, 5) is 2.00. The molecule has 1 heterocycles. The minimum absolute atomic E-state index is 0.204. The van der Waals surface area contributed by atoms with Crippen molar-refractivity contribution in [2.75, 3.05) is 18.1 Å². The third-order valence-corrected chi connectivity index (χ3v) is 4.62. The van der Waals surface area contributed by atoms with Crippen LogP contribution in [0.5, 0.6) is 0 Å². The number of fused-ring (bicyclic) bond motifs is 1. The second-order valence-electron chi connectivity index (χ2n) is 4.25. The average molecular weight is 349 g/mol. The molecule has 104 valence electrons. The zero-order chi connectivity index (χ0) is 13.9. The maximum Gasteiger partial charge on any atom is 0.285 e. The Morgan fingerprint density at radius 2 is 2.05 bits per heavy atom. The number of anilines is 1. The predicted molar refractivity (Wildman–Crippen MR) is 77.0 cm³/mol. The summed E-state index contributed by atoms with van der Waals surface area (Å²) in [7, 11) is -3.59. The van der Waals surface area contributed by atoms with Crippen molar-refractivity contribution in [3.8, 4) is 0 Å². The standard InChI is InChI=1S/C12H14BrFN2O2S/c13-10-4-5-11-12(8-10)19(17,18)15-9-16(11)7-3-1-2-6-14/h4-5,8-9H,1-3,6-7H2. The van der Waals surface area contributed by atoms with E-state index in [0.717, 1.165) is 12.8 Å². The lowest BCUT2D eigenvalue weighted by Crippen LogP contribution is -2.28. The van der Waals surface area contributed by atoms with Crippen molar-refractivity contribution in [1.29, 1.82) is 0 Å². The molecule has 19 heavy (non-hydrogen) atoms. The minimum Gasteiger partial charge on any atom is -0.331 e. The van der Waals surface area contributed by atoms with Crippen LogP contribution in [0, 0.1) is 0 Å². The number of rotatable bonds is 5. The van der Waals surface area contributed by atoms with E-state index in [1.807, 2.05) is 0 Å². The van der Waals surface area contributed by atoms with E-state index in [0.29, 0.717) is 23.1 Å². The Balaban J connectivity index is 2.21. The molecule has 0 saturated carbocycles. The fourth-order valence-electron chi connectivity index (χ4n) is 1.90. The predicted octanol–water partition coefficient (Wildman–Crippen LogP) is 3.13. The van der Waals surface area contributed by atoms with Gasteiger partial charge < -0.3 is 4.90 Å². The number of hydrogen-bond acceptors (Lipinski definition) is 3. The number of halogens is 2. The summed E-state index contributed by atoms with van der Waals surface area (Å²) in [5.74, 6) is 0. The first-order chi connectivity index (χ1) is 9.04. The van der Waals surface area contributed by atoms with Crippen LogP contribution in [-0.4, -0.2) is 28.0 Å². The summed E-state index contributed by atoms with van der Waals surface area (Å²) < 4.78 is 40.0. The average Bonchev–Trinajstić information content (AvgIpc) is 2.37. The van der Waals surface area contributed by atoms with Gasteiger partial charge in [0.2, 0.25) is 0 Å². The van der Waals surface area contributed by atoms with Gasteiger partial charge >= 0.3 is 0 Å². The SMILES string of the molecule is O=S1(=O)N=CN(CCCCCF)c2ccc(Br)cc21. The van der Waals surface area contributed by atoms with Crippen molar-refractivity contribution < 1.29 is 12.8 Å². The molecule has 0 aromatic heterocycles. The van der Waals surface area contributed by atoms with E-state index in [2.05, 4.69) is 20.3 Å². The molecule has 0 saturated heterocycles. The van der Waals surface area contributed by atoms with Crippen LogP contribution >= 0.6 is 15.9 Å². The van der Waals surface area contributed by atoms with E-state index < -0.39 is 10.0 Å². The molecule has 0 N–H and O–H groups in total. The lowest BCUT2D eigenvalue weighted by atomic mass is 10.2. The number of hydrogen-bond donors (Lipinski definition) is 0. The monoisotopic (exact) mass is 348 g/mol. The maximum absolute atomic E-state index is 12.0. The lowest BCUT2D eigenvalue weighted by Gasteiger charge is -2.25. The van der Waals surface area contributed by atoms with Gasteiger partial charge in [-0.25, -0.2) is 0 Å². The highest BCUT2D eigenvalue weighted by atomic mass is 79.9. The Hall–Kier alpha value is -0.950. The first-order valence-corrected chi connectivity index (χ1v) is 8.20. The van der Waals surface area contributed by atoms with E-state index in [-0.39, 0.29) is 11.6 Å². The third-order valence-electron chi connectivity index (χ3n) is 2.87. The molecule has 0 radical (unpaired) electrons. The highest BCUT2D eigenvalue weighted by Gasteiger charge is 2.25. The fourth-order valence-corrected chi connectivity index (χ4v) is 3.49. The van der Waals surface area contributed by atoms with Gasteiger partial charge in [-0.15, -0.1) is 4.40 Å². The van der Waals surface area contributed by atoms with Gasteiger partial charge in [-0.3, -0.25) is 4.39 Å². The van der Waals surface area contributed by atoms with Gasteiger partial charge in [-0.1, -0.05) is 15.9 Å². The second-order valence-corrected chi connectivity index (χ2v) is 6.77. The Labute approximate surface area is 120 Å². The van der Waals surface area contributed by atoms with Gasteiger partial charge in [0.05, 0.1) is 12.4 Å². The van der Waals surface area contributed by atoms with E-state index in [9.17, 15) is 12.8 Å². The number of nitrogens with zero attached hydrogens (tertiary/aromatic N) is 2. The van der Waals surface area contributed by atoms with Crippen molar-refractivity contribution in [2.24, 2.45) is 4.40 Å². The lowest BCUT2D eigenvalue weighted by molar-refractivity contribution is 0.457. The Kier molecular flexibility index (Phi) is 4.57. The number of sulfonamides is 1. The summed E-state index contributed by atoms with van der Waals surface area (Å²) in [6.07, 6.45) is 3.45. The molecule has 4 nitrogen and oxygen atoms in total. The van der Waals surface area contributed by atoms with E-state index in [1.165, 1.54) is 6.34 Å². The topological polar surface area (TPSA) is 49.7 Å².